The largest absolute Gasteiger partial charge is 0.481 e. The molecule has 94 valence electrons. The molecule has 2 rings (SSSR count). The van der Waals surface area contributed by atoms with Gasteiger partial charge in [0.05, 0.1) is 0 Å². The highest BCUT2D eigenvalue weighted by atomic mass is 32.1. The molecule has 18 heavy (non-hydrogen) atoms. The lowest BCUT2D eigenvalue weighted by Gasteiger charge is -2.13. The van der Waals surface area contributed by atoms with Crippen LogP contribution in [0, 0.1) is 6.92 Å². The van der Waals surface area contributed by atoms with Gasteiger partial charge in [-0.05, 0) is 26.0 Å². The van der Waals surface area contributed by atoms with Gasteiger partial charge in [-0.1, -0.05) is 18.2 Å². The lowest BCUT2D eigenvalue weighted by atomic mass is 10.3. The van der Waals surface area contributed by atoms with Gasteiger partial charge in [0.25, 0.3) is 5.91 Å². The van der Waals surface area contributed by atoms with E-state index in [9.17, 15) is 4.79 Å². The normalized spacial score (nSPS) is 11.9. The summed E-state index contributed by atoms with van der Waals surface area (Å²) >= 11 is 1.44. The van der Waals surface area contributed by atoms with Gasteiger partial charge in [-0.15, -0.1) is 11.3 Å². The SMILES string of the molecule is Cc1cnc(NC(=O)[C@H](C)Oc2ccccc2)s1. The molecule has 1 atom stereocenters. The number of nitrogens with zero attached hydrogens (tertiary/aromatic N) is 1. The number of amides is 1. The van der Waals surface area contributed by atoms with Gasteiger partial charge in [0.1, 0.15) is 5.75 Å². The Bertz CT molecular complexity index is 525. The summed E-state index contributed by atoms with van der Waals surface area (Å²) in [5, 5.41) is 3.32. The first kappa shape index (κ1) is 12.6. The fraction of sp³-hybridized carbons (Fsp3) is 0.231. The van der Waals surface area contributed by atoms with Crippen LogP contribution in [-0.4, -0.2) is 17.0 Å². The van der Waals surface area contributed by atoms with Gasteiger partial charge < -0.3 is 4.74 Å². The molecule has 0 radical (unpaired) electrons. The second-order valence-electron chi connectivity index (χ2n) is 3.84. The molecule has 0 fully saturated rings. The number of aryl methyl sites for hydroxylation is 1. The highest BCUT2D eigenvalue weighted by Gasteiger charge is 2.15. The van der Waals surface area contributed by atoms with E-state index in [-0.39, 0.29) is 5.91 Å². The number of carbonyl (C=O) groups excluding carboxylic acids is 1. The van der Waals surface area contributed by atoms with Gasteiger partial charge >= 0.3 is 0 Å². The van der Waals surface area contributed by atoms with Crippen LogP contribution < -0.4 is 10.1 Å². The first-order chi connectivity index (χ1) is 8.65. The third-order valence-electron chi connectivity index (χ3n) is 2.28. The van der Waals surface area contributed by atoms with Gasteiger partial charge in [-0.25, -0.2) is 4.98 Å². The quantitative estimate of drug-likeness (QED) is 0.921. The van der Waals surface area contributed by atoms with Crippen molar-refractivity contribution >= 4 is 22.4 Å². The number of benzene rings is 1. The highest BCUT2D eigenvalue weighted by molar-refractivity contribution is 7.15. The van der Waals surface area contributed by atoms with Crippen molar-refractivity contribution in [2.24, 2.45) is 0 Å². The summed E-state index contributed by atoms with van der Waals surface area (Å²) in [4.78, 5) is 17.0. The molecular formula is C13H14N2O2S. The molecule has 1 amide bonds. The Morgan fingerprint density at radius 1 is 1.39 bits per heavy atom. The number of aromatic nitrogens is 1. The fourth-order valence-electron chi connectivity index (χ4n) is 1.38. The molecule has 1 heterocycles. The van der Waals surface area contributed by atoms with Crippen LogP contribution in [0.15, 0.2) is 36.5 Å². The minimum Gasteiger partial charge on any atom is -0.481 e. The zero-order valence-electron chi connectivity index (χ0n) is 10.2. The summed E-state index contributed by atoms with van der Waals surface area (Å²) in [7, 11) is 0. The number of thiazole rings is 1. The van der Waals surface area contributed by atoms with E-state index < -0.39 is 6.10 Å². The monoisotopic (exact) mass is 262 g/mol. The zero-order valence-corrected chi connectivity index (χ0v) is 11.0. The minimum absolute atomic E-state index is 0.201. The van der Waals surface area contributed by atoms with Crippen LogP contribution in [0.25, 0.3) is 0 Å². The predicted molar refractivity (Wildman–Crippen MR) is 72.0 cm³/mol. The molecule has 5 heteroatoms. The number of carbonyl (C=O) groups is 1. The summed E-state index contributed by atoms with van der Waals surface area (Å²) in [6.07, 6.45) is 1.17. The van der Waals surface area contributed by atoms with E-state index in [2.05, 4.69) is 10.3 Å². The maximum absolute atomic E-state index is 11.9. The summed E-state index contributed by atoms with van der Waals surface area (Å²) < 4.78 is 5.52. The van der Waals surface area contributed by atoms with E-state index in [1.54, 1.807) is 13.1 Å². The van der Waals surface area contributed by atoms with E-state index in [4.69, 9.17) is 4.74 Å². The van der Waals surface area contributed by atoms with Gasteiger partial charge in [-0.2, -0.15) is 0 Å². The predicted octanol–water partition coefficient (Wildman–Crippen LogP) is 2.86. The van der Waals surface area contributed by atoms with E-state index in [0.717, 1.165) is 4.88 Å². The number of para-hydroxylation sites is 1. The summed E-state index contributed by atoms with van der Waals surface area (Å²) in [6.45, 7) is 3.65. The Morgan fingerprint density at radius 2 is 2.11 bits per heavy atom. The van der Waals surface area contributed by atoms with Crippen molar-refractivity contribution in [2.75, 3.05) is 5.32 Å². The Hall–Kier alpha value is -1.88. The smallest absolute Gasteiger partial charge is 0.266 e. The molecule has 0 spiro atoms. The number of rotatable bonds is 4. The molecule has 0 aliphatic heterocycles. The Balaban J connectivity index is 1.93. The average Bonchev–Trinajstić information content (AvgIpc) is 2.76. The van der Waals surface area contributed by atoms with E-state index in [0.29, 0.717) is 10.9 Å². The Kier molecular flexibility index (Phi) is 3.94. The summed E-state index contributed by atoms with van der Waals surface area (Å²) in [5.74, 6) is 0.476. The molecule has 0 bridgehead atoms. The van der Waals surface area contributed by atoms with Gasteiger partial charge in [-0.3, -0.25) is 10.1 Å². The number of anilines is 1. The standard InChI is InChI=1S/C13H14N2O2S/c1-9-8-14-13(18-9)15-12(16)10(2)17-11-6-4-3-5-7-11/h3-8,10H,1-2H3,(H,14,15,16)/t10-/m0/s1. The van der Waals surface area contributed by atoms with Crippen LogP contribution in [0.1, 0.15) is 11.8 Å². The maximum atomic E-state index is 11.9. The van der Waals surface area contributed by atoms with Gasteiger partial charge in [0.2, 0.25) is 0 Å². The number of hydrogen-bond donors (Lipinski definition) is 1. The zero-order chi connectivity index (χ0) is 13.0. The highest BCUT2D eigenvalue weighted by Crippen LogP contribution is 2.17. The van der Waals surface area contributed by atoms with Gasteiger partial charge in [0, 0.05) is 11.1 Å². The molecule has 0 aliphatic carbocycles. The van der Waals surface area contributed by atoms with Crippen LogP contribution in [0.4, 0.5) is 5.13 Å². The first-order valence-corrected chi connectivity index (χ1v) is 6.42. The van der Waals surface area contributed by atoms with Crippen molar-refractivity contribution in [1.29, 1.82) is 0 Å². The second-order valence-corrected chi connectivity index (χ2v) is 5.07. The van der Waals surface area contributed by atoms with E-state index >= 15 is 0 Å². The van der Waals surface area contributed by atoms with Crippen LogP contribution in [0.2, 0.25) is 0 Å². The fourth-order valence-corrected chi connectivity index (χ4v) is 2.04. The number of hydrogen-bond acceptors (Lipinski definition) is 4. The summed E-state index contributed by atoms with van der Waals surface area (Å²) in [5.41, 5.74) is 0. The third-order valence-corrected chi connectivity index (χ3v) is 3.10. The molecular weight excluding hydrogens is 248 g/mol. The van der Waals surface area contributed by atoms with E-state index in [1.807, 2.05) is 37.3 Å². The van der Waals surface area contributed by atoms with E-state index in [1.165, 1.54) is 11.3 Å². The number of nitrogens with one attached hydrogen (secondary N) is 1. The second kappa shape index (κ2) is 5.64. The summed E-state index contributed by atoms with van der Waals surface area (Å²) in [6, 6.07) is 9.26. The molecule has 1 aromatic carbocycles. The van der Waals surface area contributed by atoms with Crippen LogP contribution in [0.3, 0.4) is 0 Å². The Labute approximate surface area is 110 Å². The van der Waals surface area contributed by atoms with Gasteiger partial charge in [0.15, 0.2) is 11.2 Å². The average molecular weight is 262 g/mol. The van der Waals surface area contributed by atoms with Crippen molar-refractivity contribution in [2.45, 2.75) is 20.0 Å². The molecule has 0 aliphatic rings. The molecule has 0 saturated heterocycles. The molecule has 1 aromatic heterocycles. The van der Waals surface area contributed by atoms with Crippen molar-refractivity contribution in [1.82, 2.24) is 4.98 Å². The molecule has 4 nitrogen and oxygen atoms in total. The van der Waals surface area contributed by atoms with Crippen molar-refractivity contribution in [3.8, 4) is 5.75 Å². The van der Waals surface area contributed by atoms with Crippen LogP contribution in [0.5, 0.6) is 5.75 Å². The molecule has 0 unspecified atom stereocenters. The minimum atomic E-state index is -0.559. The Morgan fingerprint density at radius 3 is 2.72 bits per heavy atom. The third kappa shape index (κ3) is 3.30. The van der Waals surface area contributed by atoms with Crippen LogP contribution >= 0.6 is 11.3 Å². The lowest BCUT2D eigenvalue weighted by Crippen LogP contribution is -2.30. The van der Waals surface area contributed by atoms with Crippen molar-refractivity contribution in [3.05, 3.63) is 41.4 Å². The molecule has 0 saturated carbocycles. The maximum Gasteiger partial charge on any atom is 0.266 e. The van der Waals surface area contributed by atoms with Crippen molar-refractivity contribution < 1.29 is 9.53 Å². The number of ether oxygens (including phenoxy) is 1. The van der Waals surface area contributed by atoms with Crippen LogP contribution in [-0.2, 0) is 4.79 Å². The topological polar surface area (TPSA) is 51.2 Å². The van der Waals surface area contributed by atoms with Crippen molar-refractivity contribution in [3.63, 3.8) is 0 Å². The first-order valence-electron chi connectivity index (χ1n) is 5.60. The molecule has 1 N–H and O–H groups in total. The molecule has 2 aromatic rings. The lowest BCUT2D eigenvalue weighted by molar-refractivity contribution is -0.122.